The fourth-order valence-corrected chi connectivity index (χ4v) is 1.86. The van der Waals surface area contributed by atoms with Gasteiger partial charge in [0.2, 0.25) is 0 Å². The van der Waals surface area contributed by atoms with Crippen molar-refractivity contribution in [2.45, 2.75) is 46.3 Å². The summed E-state index contributed by atoms with van der Waals surface area (Å²) in [4.78, 5) is 11.8. The Morgan fingerprint density at radius 2 is 2.11 bits per heavy atom. The predicted octanol–water partition coefficient (Wildman–Crippen LogP) is 2.56. The molecule has 19 heavy (non-hydrogen) atoms. The van der Waals surface area contributed by atoms with E-state index in [1.807, 2.05) is 32.0 Å². The summed E-state index contributed by atoms with van der Waals surface area (Å²) in [7, 11) is 0. The number of hydrogen-bond donors (Lipinski definition) is 1. The fraction of sp³-hybridized carbons (Fsp3) is 0.533. The lowest BCUT2D eigenvalue weighted by atomic mass is 10.1. The molecule has 0 fully saturated rings. The molecule has 106 valence electrons. The number of esters is 1. The van der Waals surface area contributed by atoms with Crippen molar-refractivity contribution in [1.29, 1.82) is 0 Å². The van der Waals surface area contributed by atoms with E-state index in [0.29, 0.717) is 25.3 Å². The van der Waals surface area contributed by atoms with Crippen molar-refractivity contribution >= 4 is 5.97 Å². The van der Waals surface area contributed by atoms with E-state index in [1.54, 1.807) is 6.92 Å². The largest absolute Gasteiger partial charge is 0.478 e. The Morgan fingerprint density at radius 1 is 1.37 bits per heavy atom. The van der Waals surface area contributed by atoms with E-state index in [1.165, 1.54) is 0 Å². The van der Waals surface area contributed by atoms with Crippen LogP contribution < -0.4 is 10.5 Å². The Kier molecular flexibility index (Phi) is 6.36. The maximum atomic E-state index is 11.8. The van der Waals surface area contributed by atoms with Crippen molar-refractivity contribution in [3.05, 3.63) is 29.3 Å². The van der Waals surface area contributed by atoms with E-state index in [4.69, 9.17) is 15.2 Å². The van der Waals surface area contributed by atoms with Gasteiger partial charge in [-0.25, -0.2) is 4.79 Å². The lowest BCUT2D eigenvalue weighted by Gasteiger charge is -2.19. The lowest BCUT2D eigenvalue weighted by molar-refractivity contribution is -0.151. The molecule has 1 rings (SSSR count). The molecule has 1 unspecified atom stereocenters. The van der Waals surface area contributed by atoms with Crippen LogP contribution in [0.1, 0.15) is 37.8 Å². The third-order valence-corrected chi connectivity index (χ3v) is 2.81. The van der Waals surface area contributed by atoms with Gasteiger partial charge in [0.05, 0.1) is 6.61 Å². The Morgan fingerprint density at radius 3 is 2.68 bits per heavy atom. The van der Waals surface area contributed by atoms with E-state index in [-0.39, 0.29) is 5.97 Å². The molecule has 0 aliphatic heterocycles. The Bertz CT molecular complexity index is 418. The van der Waals surface area contributed by atoms with Gasteiger partial charge < -0.3 is 15.2 Å². The van der Waals surface area contributed by atoms with Gasteiger partial charge in [0.15, 0.2) is 6.10 Å². The zero-order chi connectivity index (χ0) is 14.3. The molecule has 0 saturated carbocycles. The van der Waals surface area contributed by atoms with Crippen molar-refractivity contribution in [2.24, 2.45) is 5.73 Å². The van der Waals surface area contributed by atoms with Crippen molar-refractivity contribution in [3.8, 4) is 5.75 Å². The van der Waals surface area contributed by atoms with Crippen molar-refractivity contribution < 1.29 is 14.3 Å². The van der Waals surface area contributed by atoms with Gasteiger partial charge in [-0.05, 0) is 26.3 Å². The van der Waals surface area contributed by atoms with Gasteiger partial charge in [0.25, 0.3) is 0 Å². The molecule has 0 amide bonds. The number of aryl methyl sites for hydroxylation is 1. The number of hydrogen-bond acceptors (Lipinski definition) is 4. The predicted molar refractivity (Wildman–Crippen MR) is 75.0 cm³/mol. The monoisotopic (exact) mass is 265 g/mol. The standard InChI is InChI=1S/C15H23NO3/c1-4-6-14(15(17)18-5-2)19-13-8-7-11(3)9-12(13)10-16/h7-9,14H,4-6,10,16H2,1-3H3. The van der Waals surface area contributed by atoms with Crippen molar-refractivity contribution in [2.75, 3.05) is 6.61 Å². The normalized spacial score (nSPS) is 12.0. The summed E-state index contributed by atoms with van der Waals surface area (Å²) < 4.78 is 10.8. The van der Waals surface area contributed by atoms with Crippen LogP contribution >= 0.6 is 0 Å². The van der Waals surface area contributed by atoms with E-state index < -0.39 is 6.10 Å². The van der Waals surface area contributed by atoms with Crippen LogP contribution in [0, 0.1) is 6.92 Å². The molecule has 2 N–H and O–H groups in total. The summed E-state index contributed by atoms with van der Waals surface area (Å²) in [6.45, 7) is 6.54. The quantitative estimate of drug-likeness (QED) is 0.770. The second-order valence-electron chi connectivity index (χ2n) is 4.46. The minimum absolute atomic E-state index is 0.312. The van der Waals surface area contributed by atoms with Gasteiger partial charge >= 0.3 is 5.97 Å². The van der Waals surface area contributed by atoms with Crippen LogP contribution in [-0.2, 0) is 16.1 Å². The molecule has 1 aromatic carbocycles. The average Bonchev–Trinajstić information content (AvgIpc) is 2.40. The molecule has 4 heteroatoms. The molecule has 1 atom stereocenters. The third kappa shape index (κ3) is 4.56. The van der Waals surface area contributed by atoms with Gasteiger partial charge in [0.1, 0.15) is 5.75 Å². The van der Waals surface area contributed by atoms with Gasteiger partial charge in [-0.2, -0.15) is 0 Å². The molecule has 0 aliphatic carbocycles. The number of ether oxygens (including phenoxy) is 2. The van der Waals surface area contributed by atoms with Gasteiger partial charge in [-0.1, -0.05) is 31.0 Å². The summed E-state index contributed by atoms with van der Waals surface area (Å²) in [5, 5.41) is 0. The number of carbonyl (C=O) groups excluding carboxylic acids is 1. The highest BCUT2D eigenvalue weighted by Crippen LogP contribution is 2.22. The molecule has 0 radical (unpaired) electrons. The van der Waals surface area contributed by atoms with Crippen LogP contribution in [0.15, 0.2) is 18.2 Å². The Hall–Kier alpha value is -1.55. The first-order chi connectivity index (χ1) is 9.12. The molecule has 0 saturated heterocycles. The molecule has 0 bridgehead atoms. The molecular weight excluding hydrogens is 242 g/mol. The van der Waals surface area contributed by atoms with Crippen molar-refractivity contribution in [3.63, 3.8) is 0 Å². The van der Waals surface area contributed by atoms with Gasteiger partial charge in [0, 0.05) is 12.1 Å². The van der Waals surface area contributed by atoms with Gasteiger partial charge in [-0.15, -0.1) is 0 Å². The zero-order valence-corrected chi connectivity index (χ0v) is 11.9. The van der Waals surface area contributed by atoms with Crippen LogP contribution in [0.3, 0.4) is 0 Å². The highest BCUT2D eigenvalue weighted by Gasteiger charge is 2.21. The first-order valence-electron chi connectivity index (χ1n) is 6.75. The lowest BCUT2D eigenvalue weighted by Crippen LogP contribution is -2.29. The Labute approximate surface area is 114 Å². The van der Waals surface area contributed by atoms with E-state index in [2.05, 4.69) is 0 Å². The molecule has 0 spiro atoms. The first kappa shape index (κ1) is 15.5. The molecular formula is C15H23NO3. The molecule has 0 aromatic heterocycles. The number of rotatable bonds is 7. The smallest absolute Gasteiger partial charge is 0.347 e. The van der Waals surface area contributed by atoms with Crippen molar-refractivity contribution in [1.82, 2.24) is 0 Å². The van der Waals surface area contributed by atoms with Crippen LogP contribution in [-0.4, -0.2) is 18.7 Å². The topological polar surface area (TPSA) is 61.5 Å². The number of benzene rings is 1. The molecule has 4 nitrogen and oxygen atoms in total. The zero-order valence-electron chi connectivity index (χ0n) is 11.9. The summed E-state index contributed by atoms with van der Waals surface area (Å²) in [5.74, 6) is 0.354. The van der Waals surface area contributed by atoms with Crippen LogP contribution in [0.25, 0.3) is 0 Å². The highest BCUT2D eigenvalue weighted by molar-refractivity contribution is 5.75. The second kappa shape index (κ2) is 7.79. The Balaban J connectivity index is 2.86. The van der Waals surface area contributed by atoms with E-state index >= 15 is 0 Å². The molecule has 1 aromatic rings. The minimum Gasteiger partial charge on any atom is -0.478 e. The van der Waals surface area contributed by atoms with Crippen LogP contribution in [0.4, 0.5) is 0 Å². The SMILES string of the molecule is CCCC(Oc1ccc(C)cc1CN)C(=O)OCC. The summed E-state index contributed by atoms with van der Waals surface area (Å²) in [6, 6.07) is 5.78. The van der Waals surface area contributed by atoms with Crippen LogP contribution in [0.5, 0.6) is 5.75 Å². The summed E-state index contributed by atoms with van der Waals surface area (Å²) in [5.41, 5.74) is 7.74. The fourth-order valence-electron chi connectivity index (χ4n) is 1.86. The average molecular weight is 265 g/mol. The molecule has 0 aliphatic rings. The minimum atomic E-state index is -0.557. The summed E-state index contributed by atoms with van der Waals surface area (Å²) in [6.07, 6.45) is 0.933. The summed E-state index contributed by atoms with van der Waals surface area (Å²) >= 11 is 0. The first-order valence-corrected chi connectivity index (χ1v) is 6.75. The number of nitrogens with two attached hydrogens (primary N) is 1. The van der Waals surface area contributed by atoms with Gasteiger partial charge in [-0.3, -0.25) is 0 Å². The maximum absolute atomic E-state index is 11.8. The van der Waals surface area contributed by atoms with E-state index in [9.17, 15) is 4.79 Å². The van der Waals surface area contributed by atoms with E-state index in [0.717, 1.165) is 17.5 Å². The number of carbonyl (C=O) groups is 1. The maximum Gasteiger partial charge on any atom is 0.347 e. The third-order valence-electron chi connectivity index (χ3n) is 2.81. The van der Waals surface area contributed by atoms with Crippen LogP contribution in [0.2, 0.25) is 0 Å². The second-order valence-corrected chi connectivity index (χ2v) is 4.46. The highest BCUT2D eigenvalue weighted by atomic mass is 16.6. The molecule has 0 heterocycles.